The van der Waals surface area contributed by atoms with E-state index in [9.17, 15) is 4.79 Å². The quantitative estimate of drug-likeness (QED) is 0.513. The summed E-state index contributed by atoms with van der Waals surface area (Å²) in [6, 6.07) is 6.41. The Balaban J connectivity index is 2.07. The fourth-order valence-electron chi connectivity index (χ4n) is 1.33. The smallest absolute Gasteiger partial charge is 0.287 e. The topological polar surface area (TPSA) is 90.4 Å². The summed E-state index contributed by atoms with van der Waals surface area (Å²) in [6.45, 7) is 0.0360. The number of carbonyl (C=O) groups excluding carboxylic acids is 1. The number of ether oxygens (including phenoxy) is 1. The van der Waals surface area contributed by atoms with Gasteiger partial charge in [0.25, 0.3) is 5.91 Å². The third-order valence-corrected chi connectivity index (χ3v) is 2.80. The molecule has 1 amide bonds. The van der Waals surface area contributed by atoms with E-state index < -0.39 is 5.91 Å². The number of rotatable bonds is 4. The van der Waals surface area contributed by atoms with Gasteiger partial charge in [0.2, 0.25) is 0 Å². The molecule has 1 heterocycles. The van der Waals surface area contributed by atoms with Gasteiger partial charge in [0.15, 0.2) is 17.2 Å². The number of para-hydroxylation sites is 1. The number of nitrogens with one attached hydrogen (secondary N) is 1. The monoisotopic (exact) mass is 301 g/mol. The van der Waals surface area contributed by atoms with Gasteiger partial charge in [0, 0.05) is 6.07 Å². The summed E-state index contributed by atoms with van der Waals surface area (Å²) in [5.74, 6) is 5.10. The van der Waals surface area contributed by atoms with Crippen molar-refractivity contribution in [3.63, 3.8) is 0 Å². The highest BCUT2D eigenvalue weighted by molar-refractivity contribution is 6.37. The lowest BCUT2D eigenvalue weighted by Gasteiger charge is -2.07. The first-order valence-corrected chi connectivity index (χ1v) is 5.90. The summed E-state index contributed by atoms with van der Waals surface area (Å²) in [7, 11) is 0. The average molecular weight is 302 g/mol. The van der Waals surface area contributed by atoms with E-state index in [1.165, 1.54) is 6.07 Å². The van der Waals surface area contributed by atoms with Gasteiger partial charge in [-0.2, -0.15) is 0 Å². The number of amides is 1. The highest BCUT2D eigenvalue weighted by atomic mass is 35.5. The molecule has 0 fully saturated rings. The number of nitrogen functional groups attached to an aromatic ring is 1. The predicted molar refractivity (Wildman–Crippen MR) is 69.0 cm³/mol. The predicted octanol–water partition coefficient (Wildman–Crippen LogP) is 2.16. The molecule has 6 nitrogen and oxygen atoms in total. The number of carbonyl (C=O) groups is 1. The van der Waals surface area contributed by atoms with Crippen LogP contribution in [0.5, 0.6) is 5.75 Å². The molecule has 3 N–H and O–H groups in total. The van der Waals surface area contributed by atoms with Gasteiger partial charge in [0.1, 0.15) is 6.61 Å². The van der Waals surface area contributed by atoms with E-state index in [1.54, 1.807) is 18.2 Å². The third kappa shape index (κ3) is 3.17. The van der Waals surface area contributed by atoms with Gasteiger partial charge >= 0.3 is 0 Å². The molecule has 1 aromatic carbocycles. The van der Waals surface area contributed by atoms with Crippen molar-refractivity contribution in [2.75, 3.05) is 0 Å². The Hall–Kier alpha value is -1.76. The fraction of sp³-hybridized carbons (Fsp3) is 0.0909. The van der Waals surface area contributed by atoms with Crippen molar-refractivity contribution in [1.82, 2.24) is 10.6 Å². The SMILES string of the molecule is NNC(=O)c1cc(COc2c(Cl)cccc2Cl)on1. The summed E-state index contributed by atoms with van der Waals surface area (Å²) in [5.41, 5.74) is 2.00. The molecule has 19 heavy (non-hydrogen) atoms. The average Bonchev–Trinajstić information content (AvgIpc) is 2.86. The van der Waals surface area contributed by atoms with Crippen LogP contribution < -0.4 is 16.0 Å². The Morgan fingerprint density at radius 1 is 1.42 bits per heavy atom. The Morgan fingerprint density at radius 2 is 2.11 bits per heavy atom. The second-order valence-corrected chi connectivity index (χ2v) is 4.31. The van der Waals surface area contributed by atoms with Crippen molar-refractivity contribution in [2.45, 2.75) is 6.61 Å². The summed E-state index contributed by atoms with van der Waals surface area (Å²) in [4.78, 5) is 11.2. The molecule has 0 radical (unpaired) electrons. The summed E-state index contributed by atoms with van der Waals surface area (Å²) in [5, 5.41) is 4.29. The first-order valence-electron chi connectivity index (χ1n) is 5.15. The van der Waals surface area contributed by atoms with Crippen molar-refractivity contribution < 1.29 is 14.1 Å². The number of aromatic nitrogens is 1. The summed E-state index contributed by atoms with van der Waals surface area (Å²) in [6.07, 6.45) is 0. The molecule has 8 heteroatoms. The van der Waals surface area contributed by atoms with Crippen molar-refractivity contribution in [1.29, 1.82) is 0 Å². The molecule has 2 rings (SSSR count). The highest BCUT2D eigenvalue weighted by Gasteiger charge is 2.13. The van der Waals surface area contributed by atoms with Crippen LogP contribution in [0.25, 0.3) is 0 Å². The lowest BCUT2D eigenvalue weighted by molar-refractivity contribution is 0.0944. The molecule has 0 saturated carbocycles. The van der Waals surface area contributed by atoms with Crippen molar-refractivity contribution in [3.8, 4) is 5.75 Å². The lowest BCUT2D eigenvalue weighted by atomic mass is 10.3. The van der Waals surface area contributed by atoms with Crippen LogP contribution in [0.3, 0.4) is 0 Å². The maximum atomic E-state index is 11.2. The van der Waals surface area contributed by atoms with Crippen LogP contribution in [0.15, 0.2) is 28.8 Å². The van der Waals surface area contributed by atoms with E-state index in [-0.39, 0.29) is 12.3 Å². The normalized spacial score (nSPS) is 10.3. The molecule has 100 valence electrons. The molecule has 0 saturated heterocycles. The second-order valence-electron chi connectivity index (χ2n) is 3.49. The number of halogens is 2. The van der Waals surface area contributed by atoms with E-state index in [0.717, 1.165) is 0 Å². The Kier molecular flexibility index (Phi) is 4.26. The van der Waals surface area contributed by atoms with Gasteiger partial charge in [0.05, 0.1) is 10.0 Å². The van der Waals surface area contributed by atoms with Gasteiger partial charge < -0.3 is 9.26 Å². The van der Waals surface area contributed by atoms with E-state index in [1.807, 2.05) is 5.43 Å². The minimum Gasteiger partial charge on any atom is -0.482 e. The fourth-order valence-corrected chi connectivity index (χ4v) is 1.83. The maximum Gasteiger partial charge on any atom is 0.287 e. The largest absolute Gasteiger partial charge is 0.482 e. The van der Waals surface area contributed by atoms with E-state index in [2.05, 4.69) is 5.16 Å². The number of benzene rings is 1. The zero-order valence-electron chi connectivity index (χ0n) is 9.52. The van der Waals surface area contributed by atoms with Crippen LogP contribution >= 0.6 is 23.2 Å². The molecular weight excluding hydrogens is 293 g/mol. The zero-order chi connectivity index (χ0) is 13.8. The Bertz CT molecular complexity index is 580. The minimum atomic E-state index is -0.550. The standard InChI is InChI=1S/C11H9Cl2N3O3/c12-7-2-1-3-8(13)10(7)18-5-6-4-9(16-19-6)11(17)15-14/h1-4H,5,14H2,(H,15,17). The summed E-state index contributed by atoms with van der Waals surface area (Å²) < 4.78 is 10.3. The number of nitrogens with two attached hydrogens (primary N) is 1. The van der Waals surface area contributed by atoms with Crippen LogP contribution in [0.2, 0.25) is 10.0 Å². The molecule has 0 aliphatic rings. The first kappa shape index (κ1) is 13.7. The van der Waals surface area contributed by atoms with Gasteiger partial charge in [-0.3, -0.25) is 10.2 Å². The van der Waals surface area contributed by atoms with Gasteiger partial charge in [-0.1, -0.05) is 34.4 Å². The zero-order valence-corrected chi connectivity index (χ0v) is 11.0. The van der Waals surface area contributed by atoms with Crippen LogP contribution in [0, 0.1) is 0 Å². The van der Waals surface area contributed by atoms with Crippen LogP contribution in [-0.2, 0) is 6.61 Å². The number of hydrogen-bond acceptors (Lipinski definition) is 5. The molecule has 0 aliphatic heterocycles. The Morgan fingerprint density at radius 3 is 2.74 bits per heavy atom. The number of hydrogen-bond donors (Lipinski definition) is 2. The molecule has 0 aliphatic carbocycles. The van der Waals surface area contributed by atoms with Crippen LogP contribution in [-0.4, -0.2) is 11.1 Å². The summed E-state index contributed by atoms with van der Waals surface area (Å²) >= 11 is 11.9. The van der Waals surface area contributed by atoms with Crippen molar-refractivity contribution in [3.05, 3.63) is 45.8 Å². The molecule has 0 spiro atoms. The second kappa shape index (κ2) is 5.92. The van der Waals surface area contributed by atoms with E-state index >= 15 is 0 Å². The minimum absolute atomic E-state index is 0.0360. The molecule has 0 unspecified atom stereocenters. The molecule has 1 aromatic heterocycles. The van der Waals surface area contributed by atoms with Gasteiger partial charge in [-0.25, -0.2) is 5.84 Å². The molecule has 0 bridgehead atoms. The lowest BCUT2D eigenvalue weighted by Crippen LogP contribution is -2.30. The van der Waals surface area contributed by atoms with Crippen LogP contribution in [0.1, 0.15) is 16.2 Å². The molecular formula is C11H9Cl2N3O3. The van der Waals surface area contributed by atoms with Crippen molar-refractivity contribution >= 4 is 29.1 Å². The van der Waals surface area contributed by atoms with E-state index in [4.69, 9.17) is 38.3 Å². The van der Waals surface area contributed by atoms with Gasteiger partial charge in [-0.15, -0.1) is 0 Å². The van der Waals surface area contributed by atoms with E-state index in [0.29, 0.717) is 21.6 Å². The first-order chi connectivity index (χ1) is 9.11. The molecule has 0 atom stereocenters. The number of nitrogens with zero attached hydrogens (tertiary/aromatic N) is 1. The third-order valence-electron chi connectivity index (χ3n) is 2.20. The highest BCUT2D eigenvalue weighted by Crippen LogP contribution is 2.32. The van der Waals surface area contributed by atoms with Gasteiger partial charge in [-0.05, 0) is 12.1 Å². The van der Waals surface area contributed by atoms with Crippen LogP contribution in [0.4, 0.5) is 0 Å². The number of hydrazine groups is 1. The Labute approximate surface area is 118 Å². The molecule has 2 aromatic rings. The maximum absolute atomic E-state index is 11.2. The van der Waals surface area contributed by atoms with Crippen molar-refractivity contribution in [2.24, 2.45) is 5.84 Å².